The Balaban J connectivity index is 1.95. The summed E-state index contributed by atoms with van der Waals surface area (Å²) in [4.78, 5) is 0.0422. The Bertz CT molecular complexity index is 838. The van der Waals surface area contributed by atoms with Crippen LogP contribution in [0, 0.1) is 11.3 Å². The van der Waals surface area contributed by atoms with Crippen molar-refractivity contribution in [1.29, 1.82) is 5.26 Å². The molecule has 3 rings (SSSR count). The summed E-state index contributed by atoms with van der Waals surface area (Å²) in [6.07, 6.45) is 2.69. The van der Waals surface area contributed by atoms with Gasteiger partial charge in [-0.2, -0.15) is 5.26 Å². The van der Waals surface area contributed by atoms with Gasteiger partial charge in [-0.3, -0.25) is 0 Å². The van der Waals surface area contributed by atoms with Crippen LogP contribution < -0.4 is 4.72 Å². The van der Waals surface area contributed by atoms with E-state index in [-0.39, 0.29) is 16.5 Å². The van der Waals surface area contributed by atoms with E-state index in [4.69, 9.17) is 5.26 Å². The fraction of sp³-hybridized carbons (Fsp3) is 0.235. The number of nitrogens with zero attached hydrogens (tertiary/aromatic N) is 1. The number of rotatable bonds is 3. The second-order valence-corrected chi connectivity index (χ2v) is 7.06. The average Bonchev–Trinajstić information content (AvgIpc) is 2.55. The minimum atomic E-state index is -3.72. The van der Waals surface area contributed by atoms with Crippen LogP contribution in [0.1, 0.15) is 35.6 Å². The monoisotopic (exact) mass is 312 g/mol. The number of nitrogens with one attached hydrogen (secondary N) is 1. The first-order valence-corrected chi connectivity index (χ1v) is 8.69. The molecule has 0 aliphatic heterocycles. The van der Waals surface area contributed by atoms with E-state index in [1.807, 2.05) is 30.3 Å². The zero-order chi connectivity index (χ0) is 15.6. The standard InChI is InChI=1S/C17H16N2O2S/c18-12-14-7-2-4-11-17(14)22(20,21)19-16-10-5-8-13-6-1-3-9-15(13)16/h1-4,6-7,9,11,16,19H,5,8,10H2/t16-/m0/s1. The summed E-state index contributed by atoms with van der Waals surface area (Å²) in [5, 5.41) is 9.10. The van der Waals surface area contributed by atoms with E-state index in [9.17, 15) is 8.42 Å². The fourth-order valence-corrected chi connectivity index (χ4v) is 4.33. The summed E-state index contributed by atoms with van der Waals surface area (Å²) in [6.45, 7) is 0. The van der Waals surface area contributed by atoms with Crippen molar-refractivity contribution in [3.63, 3.8) is 0 Å². The highest BCUT2D eigenvalue weighted by molar-refractivity contribution is 7.89. The third-order valence-electron chi connectivity index (χ3n) is 3.96. The van der Waals surface area contributed by atoms with E-state index in [2.05, 4.69) is 4.72 Å². The molecule has 2 aromatic rings. The topological polar surface area (TPSA) is 70.0 Å². The first kappa shape index (κ1) is 14.8. The van der Waals surface area contributed by atoms with Crippen LogP contribution in [0.3, 0.4) is 0 Å². The summed E-state index contributed by atoms with van der Waals surface area (Å²) >= 11 is 0. The summed E-state index contributed by atoms with van der Waals surface area (Å²) in [5.74, 6) is 0. The number of hydrogen-bond acceptors (Lipinski definition) is 3. The van der Waals surface area contributed by atoms with Crippen molar-refractivity contribution < 1.29 is 8.42 Å². The van der Waals surface area contributed by atoms with E-state index < -0.39 is 10.0 Å². The SMILES string of the molecule is N#Cc1ccccc1S(=O)(=O)N[C@H]1CCCc2ccccc21. The van der Waals surface area contributed by atoms with Gasteiger partial charge in [-0.15, -0.1) is 0 Å². The van der Waals surface area contributed by atoms with Crippen LogP contribution in [0.25, 0.3) is 0 Å². The van der Waals surface area contributed by atoms with Crippen LogP contribution >= 0.6 is 0 Å². The largest absolute Gasteiger partial charge is 0.242 e. The normalized spacial score (nSPS) is 17.5. The highest BCUT2D eigenvalue weighted by Crippen LogP contribution is 2.31. The number of nitriles is 1. The minimum absolute atomic E-state index is 0.0422. The fourth-order valence-electron chi connectivity index (χ4n) is 2.92. The lowest BCUT2D eigenvalue weighted by Crippen LogP contribution is -2.31. The maximum atomic E-state index is 12.6. The van der Waals surface area contributed by atoms with E-state index in [0.29, 0.717) is 0 Å². The van der Waals surface area contributed by atoms with Crippen LogP contribution in [0.4, 0.5) is 0 Å². The predicted molar refractivity (Wildman–Crippen MR) is 83.6 cm³/mol. The Kier molecular flexibility index (Phi) is 3.97. The molecule has 0 saturated heterocycles. The Morgan fingerprint density at radius 2 is 1.82 bits per heavy atom. The summed E-state index contributed by atoms with van der Waals surface area (Å²) in [6, 6.07) is 15.9. The molecule has 0 bridgehead atoms. The van der Waals surface area contributed by atoms with Crippen LogP contribution in [0.15, 0.2) is 53.4 Å². The molecular formula is C17H16N2O2S. The van der Waals surface area contributed by atoms with Gasteiger partial charge in [0.25, 0.3) is 0 Å². The number of fused-ring (bicyclic) bond motifs is 1. The molecule has 0 radical (unpaired) electrons. The van der Waals surface area contributed by atoms with E-state index in [1.165, 1.54) is 17.7 Å². The molecule has 0 spiro atoms. The molecule has 112 valence electrons. The third-order valence-corrected chi connectivity index (χ3v) is 5.49. The third kappa shape index (κ3) is 2.76. The maximum absolute atomic E-state index is 12.6. The van der Waals surface area contributed by atoms with Gasteiger partial charge < -0.3 is 0 Å². The molecule has 0 saturated carbocycles. The highest BCUT2D eigenvalue weighted by atomic mass is 32.2. The molecule has 0 unspecified atom stereocenters. The van der Waals surface area contributed by atoms with E-state index in [1.54, 1.807) is 12.1 Å². The molecule has 1 atom stereocenters. The Morgan fingerprint density at radius 1 is 1.09 bits per heavy atom. The van der Waals surface area contributed by atoms with Crippen molar-refractivity contribution in [2.24, 2.45) is 0 Å². The van der Waals surface area contributed by atoms with Gasteiger partial charge >= 0.3 is 0 Å². The van der Waals surface area contributed by atoms with Crippen molar-refractivity contribution in [2.45, 2.75) is 30.2 Å². The molecule has 22 heavy (non-hydrogen) atoms. The van der Waals surface area contributed by atoms with Crippen LogP contribution in [0.2, 0.25) is 0 Å². The Morgan fingerprint density at radius 3 is 2.64 bits per heavy atom. The number of hydrogen-bond donors (Lipinski definition) is 1. The van der Waals surface area contributed by atoms with Gasteiger partial charge in [-0.25, -0.2) is 13.1 Å². The molecule has 4 nitrogen and oxygen atoms in total. The van der Waals surface area contributed by atoms with E-state index >= 15 is 0 Å². The summed E-state index contributed by atoms with van der Waals surface area (Å²) < 4.78 is 28.0. The molecule has 0 fully saturated rings. The summed E-state index contributed by atoms with van der Waals surface area (Å²) in [7, 11) is -3.72. The van der Waals surface area contributed by atoms with Gasteiger partial charge in [0.2, 0.25) is 10.0 Å². The Hall–Kier alpha value is -2.16. The lowest BCUT2D eigenvalue weighted by Gasteiger charge is -2.26. The van der Waals surface area contributed by atoms with Crippen LogP contribution in [0.5, 0.6) is 0 Å². The second-order valence-electron chi connectivity index (χ2n) is 5.37. The zero-order valence-corrected chi connectivity index (χ0v) is 12.8. The number of benzene rings is 2. The van der Waals surface area contributed by atoms with Crippen LogP contribution in [-0.4, -0.2) is 8.42 Å². The molecular weight excluding hydrogens is 296 g/mol. The zero-order valence-electron chi connectivity index (χ0n) is 12.0. The van der Waals surface area contributed by atoms with Gasteiger partial charge in [-0.05, 0) is 42.5 Å². The molecule has 5 heteroatoms. The first-order chi connectivity index (χ1) is 10.6. The van der Waals surface area contributed by atoms with Crippen molar-refractivity contribution in [1.82, 2.24) is 4.72 Å². The van der Waals surface area contributed by atoms with Crippen LogP contribution in [-0.2, 0) is 16.4 Å². The molecule has 1 N–H and O–H groups in total. The van der Waals surface area contributed by atoms with Gasteiger partial charge in [-0.1, -0.05) is 36.4 Å². The minimum Gasteiger partial charge on any atom is -0.207 e. The first-order valence-electron chi connectivity index (χ1n) is 7.21. The van der Waals surface area contributed by atoms with E-state index in [0.717, 1.165) is 24.8 Å². The van der Waals surface area contributed by atoms with Crippen molar-refractivity contribution in [3.8, 4) is 6.07 Å². The smallest absolute Gasteiger partial charge is 0.207 e. The van der Waals surface area contributed by atoms with Gasteiger partial charge in [0.15, 0.2) is 0 Å². The molecule has 2 aromatic carbocycles. The predicted octanol–water partition coefficient (Wildman–Crippen LogP) is 2.91. The lowest BCUT2D eigenvalue weighted by atomic mass is 9.88. The van der Waals surface area contributed by atoms with Crippen molar-refractivity contribution in [3.05, 3.63) is 65.2 Å². The molecule has 0 heterocycles. The quantitative estimate of drug-likeness (QED) is 0.947. The highest BCUT2D eigenvalue weighted by Gasteiger charge is 2.26. The lowest BCUT2D eigenvalue weighted by molar-refractivity contribution is 0.507. The molecule has 0 amide bonds. The van der Waals surface area contributed by atoms with Gasteiger partial charge in [0.05, 0.1) is 10.5 Å². The van der Waals surface area contributed by atoms with Crippen molar-refractivity contribution >= 4 is 10.0 Å². The second kappa shape index (κ2) is 5.91. The molecule has 0 aromatic heterocycles. The maximum Gasteiger partial charge on any atom is 0.242 e. The number of aryl methyl sites for hydroxylation is 1. The molecule has 1 aliphatic carbocycles. The summed E-state index contributed by atoms with van der Waals surface area (Å²) in [5.41, 5.74) is 2.39. The number of sulfonamides is 1. The van der Waals surface area contributed by atoms with Gasteiger partial charge in [0.1, 0.15) is 6.07 Å². The van der Waals surface area contributed by atoms with Gasteiger partial charge in [0, 0.05) is 6.04 Å². The van der Waals surface area contributed by atoms with Crippen molar-refractivity contribution in [2.75, 3.05) is 0 Å². The Labute approximate surface area is 130 Å². The molecule has 1 aliphatic rings. The average molecular weight is 312 g/mol.